The fourth-order valence-corrected chi connectivity index (χ4v) is 4.74. The van der Waals surface area contributed by atoms with Gasteiger partial charge in [0.1, 0.15) is 34.8 Å². The summed E-state index contributed by atoms with van der Waals surface area (Å²) >= 11 is 5.91. The third kappa shape index (κ3) is 5.65. The molecule has 3 N–H and O–H groups in total. The molecule has 44 heavy (non-hydrogen) atoms. The van der Waals surface area contributed by atoms with Crippen LogP contribution in [0.5, 0.6) is 5.75 Å². The number of halogens is 9. The van der Waals surface area contributed by atoms with Crippen LogP contribution < -0.4 is 10.6 Å². The zero-order valence-corrected chi connectivity index (χ0v) is 22.9. The first-order valence-electron chi connectivity index (χ1n) is 12.6. The Hall–Kier alpha value is -4.35. The Kier molecular flexibility index (Phi) is 7.54. The van der Waals surface area contributed by atoms with Gasteiger partial charge in [0.25, 0.3) is 0 Å². The standard InChI is InChI=1S/C25H19ClF8N8O2/c1-22(11-2-3-12(26)15(43)8-11)16-18(35-7-6-24(29,30)31)39-17(40-19(16)41-21(22)44)14-9-42-20(36-10-37-42)13(38-14)4-5-23(27,28)25(32,33)34/h2-3,8-10,43H,4-7H2,1H3,(H2,35,39,40,41,44)/t22-/m0/s1. The van der Waals surface area contributed by atoms with Crippen LogP contribution in [0.2, 0.25) is 5.02 Å². The predicted molar refractivity (Wildman–Crippen MR) is 138 cm³/mol. The van der Waals surface area contributed by atoms with Crippen molar-refractivity contribution < 1.29 is 45.0 Å². The van der Waals surface area contributed by atoms with Crippen molar-refractivity contribution in [2.45, 2.75) is 49.9 Å². The molecule has 0 fully saturated rings. The van der Waals surface area contributed by atoms with Crippen LogP contribution in [0.1, 0.15) is 36.6 Å². The van der Waals surface area contributed by atoms with E-state index in [0.717, 1.165) is 10.8 Å². The lowest BCUT2D eigenvalue weighted by atomic mass is 9.77. The van der Waals surface area contributed by atoms with Crippen molar-refractivity contribution in [2.24, 2.45) is 0 Å². The highest BCUT2D eigenvalue weighted by molar-refractivity contribution is 6.32. The highest BCUT2D eigenvalue weighted by Crippen LogP contribution is 2.47. The molecule has 1 aliphatic heterocycles. The number of anilines is 2. The molecule has 1 aliphatic rings. The molecule has 1 amide bonds. The van der Waals surface area contributed by atoms with Gasteiger partial charge >= 0.3 is 18.3 Å². The van der Waals surface area contributed by atoms with E-state index < -0.39 is 55.4 Å². The summed E-state index contributed by atoms with van der Waals surface area (Å²) in [7, 11) is 0. The number of hydrogen-bond acceptors (Lipinski definition) is 8. The number of carbonyl (C=O) groups is 1. The van der Waals surface area contributed by atoms with Crippen LogP contribution in [0.3, 0.4) is 0 Å². The molecular formula is C25H19ClF8N8O2. The second-order valence-electron chi connectivity index (χ2n) is 9.96. The van der Waals surface area contributed by atoms with E-state index in [1.54, 1.807) is 0 Å². The number of alkyl halides is 8. The number of nitrogens with one attached hydrogen (secondary N) is 2. The normalized spacial score (nSPS) is 17.2. The van der Waals surface area contributed by atoms with Crippen LogP contribution in [0.15, 0.2) is 30.7 Å². The van der Waals surface area contributed by atoms with E-state index in [4.69, 9.17) is 11.6 Å². The Morgan fingerprint density at radius 3 is 2.45 bits per heavy atom. The Bertz CT molecular complexity index is 1760. The SMILES string of the molecule is C[C@@]1(c2ccc(Cl)c(O)c2)C(=O)Nc2nc(-c3cn4ncnc4c(CCC(F)(F)C(F)(F)F)n3)nc(NCCC(F)(F)F)c21. The molecule has 4 aromatic rings. The summed E-state index contributed by atoms with van der Waals surface area (Å²) in [5.74, 6) is -6.82. The number of carbonyl (C=O) groups excluding carboxylic acids is 1. The molecule has 0 saturated carbocycles. The number of fused-ring (bicyclic) bond motifs is 2. The summed E-state index contributed by atoms with van der Waals surface area (Å²) < 4.78 is 106. The second kappa shape index (κ2) is 10.7. The number of benzene rings is 1. The monoisotopic (exact) mass is 650 g/mol. The van der Waals surface area contributed by atoms with E-state index in [-0.39, 0.29) is 56.4 Å². The number of hydrogen-bond donors (Lipinski definition) is 3. The van der Waals surface area contributed by atoms with E-state index in [0.29, 0.717) is 0 Å². The van der Waals surface area contributed by atoms with Gasteiger partial charge < -0.3 is 15.7 Å². The van der Waals surface area contributed by atoms with Crippen molar-refractivity contribution in [2.75, 3.05) is 17.2 Å². The summed E-state index contributed by atoms with van der Waals surface area (Å²) in [6, 6.07) is 3.94. The fraction of sp³-hybridized carbons (Fsp3) is 0.360. The molecule has 5 rings (SSSR count). The zero-order valence-electron chi connectivity index (χ0n) is 22.2. The molecule has 0 spiro atoms. The van der Waals surface area contributed by atoms with Crippen molar-refractivity contribution in [1.29, 1.82) is 0 Å². The summed E-state index contributed by atoms with van der Waals surface area (Å²) in [4.78, 5) is 29.9. The fourth-order valence-electron chi connectivity index (χ4n) is 4.62. The Morgan fingerprint density at radius 2 is 1.80 bits per heavy atom. The number of phenols is 1. The van der Waals surface area contributed by atoms with Gasteiger partial charge in [0, 0.05) is 13.0 Å². The molecule has 0 unspecified atom stereocenters. The number of nitrogens with zero attached hydrogens (tertiary/aromatic N) is 6. The Labute approximate surface area is 246 Å². The largest absolute Gasteiger partial charge is 0.506 e. The van der Waals surface area contributed by atoms with Gasteiger partial charge in [-0.1, -0.05) is 17.7 Å². The van der Waals surface area contributed by atoms with Gasteiger partial charge in [-0.2, -0.15) is 40.2 Å². The molecule has 10 nitrogen and oxygen atoms in total. The minimum Gasteiger partial charge on any atom is -0.506 e. The lowest BCUT2D eigenvalue weighted by Crippen LogP contribution is -2.36. The molecule has 234 valence electrons. The van der Waals surface area contributed by atoms with Crippen molar-refractivity contribution in [3.63, 3.8) is 0 Å². The molecule has 0 aliphatic carbocycles. The lowest BCUT2D eigenvalue weighted by molar-refractivity contribution is -0.284. The molecule has 4 heterocycles. The number of aromatic hydroxyl groups is 1. The number of aromatic nitrogens is 6. The number of aryl methyl sites for hydroxylation is 1. The first kappa shape index (κ1) is 31.1. The van der Waals surface area contributed by atoms with Gasteiger partial charge in [0.2, 0.25) is 5.91 Å². The van der Waals surface area contributed by atoms with Crippen molar-refractivity contribution >= 4 is 34.8 Å². The quantitative estimate of drug-likeness (QED) is 0.207. The van der Waals surface area contributed by atoms with Gasteiger partial charge in [0.05, 0.1) is 28.9 Å². The summed E-state index contributed by atoms with van der Waals surface area (Å²) in [6.07, 6.45) is -12.0. The van der Waals surface area contributed by atoms with Crippen LogP contribution in [-0.4, -0.2) is 65.4 Å². The maximum Gasteiger partial charge on any atom is 0.453 e. The summed E-state index contributed by atoms with van der Waals surface area (Å²) in [5.41, 5.74) is -2.09. The van der Waals surface area contributed by atoms with E-state index in [2.05, 4.69) is 35.7 Å². The molecular weight excluding hydrogens is 632 g/mol. The van der Waals surface area contributed by atoms with E-state index in [1.807, 2.05) is 0 Å². The van der Waals surface area contributed by atoms with Gasteiger partial charge in [0.15, 0.2) is 11.5 Å². The number of rotatable bonds is 8. The third-order valence-electron chi connectivity index (χ3n) is 6.97. The highest BCUT2D eigenvalue weighted by Gasteiger charge is 2.56. The third-order valence-corrected chi connectivity index (χ3v) is 7.29. The lowest BCUT2D eigenvalue weighted by Gasteiger charge is -2.25. The van der Waals surface area contributed by atoms with Gasteiger partial charge in [-0.3, -0.25) is 4.79 Å². The number of amides is 1. The first-order valence-corrected chi connectivity index (χ1v) is 13.0. The summed E-state index contributed by atoms with van der Waals surface area (Å²) in [5, 5.41) is 19.1. The zero-order chi connectivity index (χ0) is 32.2. The van der Waals surface area contributed by atoms with Crippen LogP contribution in [0, 0.1) is 0 Å². The molecule has 0 saturated heterocycles. The van der Waals surface area contributed by atoms with E-state index >= 15 is 0 Å². The van der Waals surface area contributed by atoms with E-state index in [9.17, 15) is 45.0 Å². The molecule has 3 aromatic heterocycles. The van der Waals surface area contributed by atoms with Crippen molar-refractivity contribution in [1.82, 2.24) is 29.5 Å². The molecule has 1 atom stereocenters. The average molecular weight is 651 g/mol. The van der Waals surface area contributed by atoms with Crippen LogP contribution >= 0.6 is 11.6 Å². The maximum absolute atomic E-state index is 13.7. The van der Waals surface area contributed by atoms with Crippen molar-refractivity contribution in [3.05, 3.63) is 52.6 Å². The summed E-state index contributed by atoms with van der Waals surface area (Å²) in [6.45, 7) is 0.739. The smallest absolute Gasteiger partial charge is 0.453 e. The Morgan fingerprint density at radius 1 is 1.07 bits per heavy atom. The highest BCUT2D eigenvalue weighted by atomic mass is 35.5. The van der Waals surface area contributed by atoms with E-state index in [1.165, 1.54) is 31.3 Å². The molecule has 0 radical (unpaired) electrons. The maximum atomic E-state index is 13.7. The number of phenolic OH excluding ortho intramolecular Hbond substituents is 1. The predicted octanol–water partition coefficient (Wildman–Crippen LogP) is 5.69. The van der Waals surface area contributed by atoms with Crippen LogP contribution in [-0.2, 0) is 16.6 Å². The minimum absolute atomic E-state index is 0.0158. The topological polar surface area (TPSA) is 130 Å². The molecule has 1 aromatic carbocycles. The van der Waals surface area contributed by atoms with Gasteiger partial charge in [-0.25, -0.2) is 24.5 Å². The molecule has 0 bridgehead atoms. The molecule has 19 heteroatoms. The van der Waals surface area contributed by atoms with Crippen LogP contribution in [0.4, 0.5) is 46.8 Å². The van der Waals surface area contributed by atoms with Gasteiger partial charge in [-0.15, -0.1) is 0 Å². The minimum atomic E-state index is -5.81. The average Bonchev–Trinajstić information content (AvgIpc) is 3.50. The Balaban J connectivity index is 1.63. The van der Waals surface area contributed by atoms with Gasteiger partial charge in [-0.05, 0) is 31.0 Å². The first-order chi connectivity index (χ1) is 20.4. The van der Waals surface area contributed by atoms with Crippen molar-refractivity contribution in [3.8, 4) is 17.3 Å². The van der Waals surface area contributed by atoms with Crippen LogP contribution in [0.25, 0.3) is 17.2 Å². The second-order valence-corrected chi connectivity index (χ2v) is 10.4.